The van der Waals surface area contributed by atoms with Crippen molar-refractivity contribution in [2.45, 2.75) is 19.0 Å². The first-order valence-corrected chi connectivity index (χ1v) is 9.81. The van der Waals surface area contributed by atoms with E-state index in [2.05, 4.69) is 20.5 Å². The minimum absolute atomic E-state index is 0.152. The second-order valence-electron chi connectivity index (χ2n) is 5.96. The molecule has 0 aliphatic carbocycles. The molecular formula is C18H17Cl2N5OS. The Bertz CT molecular complexity index is 1010. The van der Waals surface area contributed by atoms with E-state index in [4.69, 9.17) is 23.2 Å². The Balaban J connectivity index is 1.67. The molecular weight excluding hydrogens is 405 g/mol. The highest BCUT2D eigenvalue weighted by molar-refractivity contribution is 7.99. The maximum atomic E-state index is 12.2. The molecule has 9 heteroatoms. The largest absolute Gasteiger partial charge is 0.309 e. The monoisotopic (exact) mass is 421 g/mol. The molecule has 1 amide bonds. The lowest BCUT2D eigenvalue weighted by molar-refractivity contribution is -0.113. The summed E-state index contributed by atoms with van der Waals surface area (Å²) in [6.45, 7) is 3.77. The van der Waals surface area contributed by atoms with Crippen LogP contribution in [0.4, 0.5) is 5.82 Å². The third kappa shape index (κ3) is 4.61. The van der Waals surface area contributed by atoms with Crippen molar-refractivity contribution in [2.24, 2.45) is 7.05 Å². The van der Waals surface area contributed by atoms with Gasteiger partial charge in [0.2, 0.25) is 5.91 Å². The Labute approximate surface area is 171 Å². The van der Waals surface area contributed by atoms with Crippen molar-refractivity contribution in [2.75, 3.05) is 11.1 Å². The summed E-state index contributed by atoms with van der Waals surface area (Å²) in [5.41, 5.74) is 2.72. The Morgan fingerprint density at radius 2 is 1.96 bits per heavy atom. The number of pyridine rings is 1. The molecule has 0 radical (unpaired) electrons. The van der Waals surface area contributed by atoms with E-state index in [1.807, 2.05) is 42.8 Å². The van der Waals surface area contributed by atoms with E-state index < -0.39 is 0 Å². The van der Waals surface area contributed by atoms with Crippen LogP contribution in [0, 0.1) is 13.8 Å². The van der Waals surface area contributed by atoms with Gasteiger partial charge in [0.25, 0.3) is 0 Å². The lowest BCUT2D eigenvalue weighted by Crippen LogP contribution is -2.16. The molecule has 3 rings (SSSR count). The summed E-state index contributed by atoms with van der Waals surface area (Å²) >= 11 is 13.3. The van der Waals surface area contributed by atoms with Crippen LogP contribution in [0.3, 0.4) is 0 Å². The number of carbonyl (C=O) groups excluding carboxylic acids is 1. The highest BCUT2D eigenvalue weighted by Crippen LogP contribution is 2.26. The first kappa shape index (κ1) is 19.7. The van der Waals surface area contributed by atoms with Crippen molar-refractivity contribution in [3.8, 4) is 11.4 Å². The SMILES string of the molecule is Cc1cccc(-c2nnc(SCC(=O)Nc3nc(C)c(Cl)cc3Cl)n2C)c1. The number of aromatic nitrogens is 4. The van der Waals surface area contributed by atoms with Crippen LogP contribution in [0.1, 0.15) is 11.3 Å². The average molecular weight is 422 g/mol. The van der Waals surface area contributed by atoms with Crippen LogP contribution in [0.2, 0.25) is 10.0 Å². The number of benzene rings is 1. The molecule has 0 atom stereocenters. The maximum Gasteiger partial charge on any atom is 0.236 e. The van der Waals surface area contributed by atoms with Crippen LogP contribution in [-0.4, -0.2) is 31.4 Å². The molecule has 0 saturated carbocycles. The van der Waals surface area contributed by atoms with Crippen molar-refractivity contribution < 1.29 is 4.79 Å². The number of nitrogens with zero attached hydrogens (tertiary/aromatic N) is 4. The average Bonchev–Trinajstić information content (AvgIpc) is 2.98. The number of halogens is 2. The highest BCUT2D eigenvalue weighted by atomic mass is 35.5. The fourth-order valence-corrected chi connectivity index (χ4v) is 3.54. The maximum absolute atomic E-state index is 12.2. The van der Waals surface area contributed by atoms with Gasteiger partial charge in [-0.25, -0.2) is 4.98 Å². The van der Waals surface area contributed by atoms with Crippen LogP contribution in [0.25, 0.3) is 11.4 Å². The van der Waals surface area contributed by atoms with Gasteiger partial charge in [0.05, 0.1) is 21.5 Å². The minimum atomic E-state index is -0.240. The molecule has 0 spiro atoms. The lowest BCUT2D eigenvalue weighted by atomic mass is 10.1. The summed E-state index contributed by atoms with van der Waals surface area (Å²) in [4.78, 5) is 16.4. The number of thioether (sulfide) groups is 1. The van der Waals surface area contributed by atoms with Gasteiger partial charge in [-0.2, -0.15) is 0 Å². The van der Waals surface area contributed by atoms with Crippen LogP contribution in [-0.2, 0) is 11.8 Å². The van der Waals surface area contributed by atoms with Crippen LogP contribution in [0.15, 0.2) is 35.5 Å². The van der Waals surface area contributed by atoms with E-state index in [1.54, 1.807) is 13.0 Å². The number of carbonyl (C=O) groups is 1. The Morgan fingerprint density at radius 1 is 1.19 bits per heavy atom. The predicted molar refractivity (Wildman–Crippen MR) is 110 cm³/mol. The van der Waals surface area contributed by atoms with E-state index >= 15 is 0 Å². The van der Waals surface area contributed by atoms with Gasteiger partial charge in [0.1, 0.15) is 0 Å². The van der Waals surface area contributed by atoms with Crippen LogP contribution in [0.5, 0.6) is 0 Å². The lowest BCUT2D eigenvalue weighted by Gasteiger charge is -2.08. The summed E-state index contributed by atoms with van der Waals surface area (Å²) < 4.78 is 1.87. The number of aryl methyl sites for hydroxylation is 2. The molecule has 0 bridgehead atoms. The van der Waals surface area contributed by atoms with Crippen LogP contribution >= 0.6 is 35.0 Å². The third-order valence-corrected chi connectivity index (χ3v) is 5.50. The standard InChI is InChI=1S/C18H17Cl2N5OS/c1-10-5-4-6-12(7-10)17-23-24-18(25(17)3)27-9-15(26)22-16-14(20)8-13(19)11(2)21-16/h4-8H,9H2,1-3H3,(H,21,22,26). The number of rotatable bonds is 5. The fourth-order valence-electron chi connectivity index (χ4n) is 2.42. The van der Waals surface area contributed by atoms with Crippen molar-refractivity contribution in [3.05, 3.63) is 51.6 Å². The van der Waals surface area contributed by atoms with Crippen LogP contribution < -0.4 is 5.32 Å². The normalized spacial score (nSPS) is 10.9. The molecule has 1 aromatic carbocycles. The molecule has 0 aliphatic rings. The summed E-state index contributed by atoms with van der Waals surface area (Å²) in [6.07, 6.45) is 0. The van der Waals surface area contributed by atoms with E-state index in [1.165, 1.54) is 11.8 Å². The van der Waals surface area contributed by atoms with E-state index in [-0.39, 0.29) is 11.7 Å². The van der Waals surface area contributed by atoms with Gasteiger partial charge in [0.15, 0.2) is 16.8 Å². The molecule has 6 nitrogen and oxygen atoms in total. The number of hydrogen-bond donors (Lipinski definition) is 1. The van der Waals surface area contributed by atoms with Crippen molar-refractivity contribution in [3.63, 3.8) is 0 Å². The number of nitrogens with one attached hydrogen (secondary N) is 1. The zero-order valence-electron chi connectivity index (χ0n) is 15.0. The molecule has 140 valence electrons. The molecule has 2 aromatic heterocycles. The second kappa shape index (κ2) is 8.29. The number of amides is 1. The number of anilines is 1. The first-order valence-electron chi connectivity index (χ1n) is 8.07. The molecule has 1 N–H and O–H groups in total. The Morgan fingerprint density at radius 3 is 2.70 bits per heavy atom. The zero-order valence-corrected chi connectivity index (χ0v) is 17.3. The summed E-state index contributed by atoms with van der Waals surface area (Å²) in [5, 5.41) is 12.5. The van der Waals surface area contributed by atoms with Gasteiger partial charge in [-0.3, -0.25) is 4.79 Å². The van der Waals surface area contributed by atoms with Gasteiger partial charge in [-0.05, 0) is 26.0 Å². The van der Waals surface area contributed by atoms with E-state index in [0.29, 0.717) is 26.7 Å². The van der Waals surface area contributed by atoms with Gasteiger partial charge in [-0.1, -0.05) is 58.7 Å². The van der Waals surface area contributed by atoms with Gasteiger partial charge in [0, 0.05) is 12.6 Å². The number of hydrogen-bond acceptors (Lipinski definition) is 5. The zero-order chi connectivity index (χ0) is 19.6. The van der Waals surface area contributed by atoms with Crippen molar-refractivity contribution in [1.82, 2.24) is 19.7 Å². The summed E-state index contributed by atoms with van der Waals surface area (Å²) in [6, 6.07) is 9.59. The Kier molecular flexibility index (Phi) is 6.04. The van der Waals surface area contributed by atoms with Crippen molar-refractivity contribution >= 4 is 46.7 Å². The molecule has 2 heterocycles. The highest BCUT2D eigenvalue weighted by Gasteiger charge is 2.15. The molecule has 0 saturated heterocycles. The molecule has 0 aliphatic heterocycles. The third-order valence-electron chi connectivity index (χ3n) is 3.81. The van der Waals surface area contributed by atoms with Gasteiger partial charge < -0.3 is 9.88 Å². The fraction of sp³-hybridized carbons (Fsp3) is 0.222. The molecule has 0 unspecified atom stereocenters. The second-order valence-corrected chi connectivity index (χ2v) is 7.71. The smallest absolute Gasteiger partial charge is 0.236 e. The minimum Gasteiger partial charge on any atom is -0.309 e. The van der Waals surface area contributed by atoms with Gasteiger partial charge >= 0.3 is 0 Å². The molecule has 0 fully saturated rings. The quantitative estimate of drug-likeness (QED) is 0.612. The predicted octanol–water partition coefficient (Wildman–Crippen LogP) is 4.53. The van der Waals surface area contributed by atoms with E-state index in [9.17, 15) is 4.79 Å². The van der Waals surface area contributed by atoms with Gasteiger partial charge in [-0.15, -0.1) is 10.2 Å². The molecule has 27 heavy (non-hydrogen) atoms. The summed E-state index contributed by atoms with van der Waals surface area (Å²) in [7, 11) is 1.87. The first-order chi connectivity index (χ1) is 12.8. The summed E-state index contributed by atoms with van der Waals surface area (Å²) in [5.74, 6) is 0.956. The topological polar surface area (TPSA) is 72.7 Å². The molecule has 3 aromatic rings. The van der Waals surface area contributed by atoms with Crippen molar-refractivity contribution in [1.29, 1.82) is 0 Å². The Hall–Kier alpha value is -2.09. The van der Waals surface area contributed by atoms with E-state index in [0.717, 1.165) is 17.0 Å².